The predicted octanol–water partition coefficient (Wildman–Crippen LogP) is 3.64. The van der Waals surface area contributed by atoms with Crippen LogP contribution in [-0.2, 0) is 4.79 Å². The van der Waals surface area contributed by atoms with E-state index in [1.54, 1.807) is 17.8 Å². The normalized spacial score (nSPS) is 32.1. The van der Waals surface area contributed by atoms with Gasteiger partial charge in [0.25, 0.3) is 0 Å². The summed E-state index contributed by atoms with van der Waals surface area (Å²) in [4.78, 5) is 11.9. The smallest absolute Gasteiger partial charge is 0.163 e. The number of carbonyl (C=O) groups is 1. The average Bonchev–Trinajstić information content (AvgIpc) is 2.99. The second-order valence-corrected chi connectivity index (χ2v) is 5.71. The number of allylic oxidation sites excluding steroid dienone is 1. The molecule has 0 unspecified atom stereocenters. The molecule has 1 aliphatic carbocycles. The Hall–Kier alpha value is -0.730. The first-order chi connectivity index (χ1) is 7.74. The molecule has 0 radical (unpaired) electrons. The molecule has 1 aromatic carbocycles. The van der Waals surface area contributed by atoms with Crippen LogP contribution >= 0.6 is 23.4 Å². The van der Waals surface area contributed by atoms with Gasteiger partial charge in [0.05, 0.1) is 0 Å². The highest BCUT2D eigenvalue weighted by Gasteiger charge is 2.60. The number of thioether (sulfide) groups is 1. The lowest BCUT2D eigenvalue weighted by atomic mass is 9.96. The van der Waals surface area contributed by atoms with Crippen molar-refractivity contribution in [3.63, 3.8) is 0 Å². The van der Waals surface area contributed by atoms with Crippen LogP contribution in [0.15, 0.2) is 35.7 Å². The summed E-state index contributed by atoms with van der Waals surface area (Å²) in [7, 11) is 0. The van der Waals surface area contributed by atoms with Gasteiger partial charge in [0.1, 0.15) is 0 Å². The molecule has 1 fully saturated rings. The van der Waals surface area contributed by atoms with Gasteiger partial charge in [-0.2, -0.15) is 0 Å². The second kappa shape index (κ2) is 3.64. The maximum atomic E-state index is 11.9. The Bertz CT molecular complexity index is 483. The largest absolute Gasteiger partial charge is 0.294 e. The summed E-state index contributed by atoms with van der Waals surface area (Å²) in [5.74, 6) is 1.50. The molecule has 2 aliphatic rings. The Morgan fingerprint density at radius 2 is 2.19 bits per heavy atom. The van der Waals surface area contributed by atoms with E-state index in [-0.39, 0.29) is 11.2 Å². The fourth-order valence-electron chi connectivity index (χ4n) is 2.45. The molecule has 2 atom stereocenters. The van der Waals surface area contributed by atoms with E-state index in [0.29, 0.717) is 5.92 Å². The van der Waals surface area contributed by atoms with Gasteiger partial charge in [0, 0.05) is 22.1 Å². The number of rotatable bonds is 1. The molecule has 3 rings (SSSR count). The van der Waals surface area contributed by atoms with E-state index in [0.717, 1.165) is 22.8 Å². The monoisotopic (exact) mass is 250 g/mol. The summed E-state index contributed by atoms with van der Waals surface area (Å²) < 4.78 is 0. The highest BCUT2D eigenvalue weighted by Crippen LogP contribution is 2.63. The van der Waals surface area contributed by atoms with Crippen LogP contribution < -0.4 is 0 Å². The zero-order valence-electron chi connectivity index (χ0n) is 8.65. The van der Waals surface area contributed by atoms with Crippen molar-refractivity contribution in [3.8, 4) is 0 Å². The van der Waals surface area contributed by atoms with Gasteiger partial charge in [-0.25, -0.2) is 0 Å². The SMILES string of the molecule is O=C1C=CSC[C@@]12C[C@@H]2c1ccccc1Cl. The third-order valence-corrected chi connectivity index (χ3v) is 4.86. The van der Waals surface area contributed by atoms with E-state index in [2.05, 4.69) is 0 Å². The number of ketones is 1. The quantitative estimate of drug-likeness (QED) is 0.757. The first-order valence-corrected chi connectivity index (χ1v) is 6.74. The minimum atomic E-state index is -0.148. The summed E-state index contributed by atoms with van der Waals surface area (Å²) in [5, 5.41) is 2.69. The van der Waals surface area contributed by atoms with E-state index in [1.807, 2.05) is 29.7 Å². The van der Waals surface area contributed by atoms with Crippen LogP contribution in [0.1, 0.15) is 17.9 Å². The van der Waals surface area contributed by atoms with E-state index in [9.17, 15) is 4.79 Å². The fraction of sp³-hybridized carbons (Fsp3) is 0.308. The Balaban J connectivity index is 1.94. The van der Waals surface area contributed by atoms with Crippen molar-refractivity contribution in [2.45, 2.75) is 12.3 Å². The maximum absolute atomic E-state index is 11.9. The number of carbonyl (C=O) groups excluding carboxylic acids is 1. The standard InChI is InChI=1S/C13H11ClOS/c14-11-4-2-1-3-9(11)10-7-13(10)8-16-6-5-12(13)15/h1-6,10H,7-8H2/t10-,13-/m1/s1. The predicted molar refractivity (Wildman–Crippen MR) is 67.8 cm³/mol. The summed E-state index contributed by atoms with van der Waals surface area (Å²) in [6, 6.07) is 7.86. The average molecular weight is 251 g/mol. The molecular formula is C13H11ClOS. The summed E-state index contributed by atoms with van der Waals surface area (Å²) in [6.07, 6.45) is 2.66. The zero-order valence-corrected chi connectivity index (χ0v) is 10.2. The van der Waals surface area contributed by atoms with Gasteiger partial charge in [-0.3, -0.25) is 4.79 Å². The van der Waals surface area contributed by atoms with Gasteiger partial charge >= 0.3 is 0 Å². The van der Waals surface area contributed by atoms with Crippen molar-refractivity contribution in [3.05, 3.63) is 46.3 Å². The molecule has 1 spiro atoms. The Morgan fingerprint density at radius 1 is 1.38 bits per heavy atom. The molecule has 16 heavy (non-hydrogen) atoms. The van der Waals surface area contributed by atoms with Gasteiger partial charge < -0.3 is 0 Å². The highest BCUT2D eigenvalue weighted by molar-refractivity contribution is 8.02. The minimum Gasteiger partial charge on any atom is -0.294 e. The topological polar surface area (TPSA) is 17.1 Å². The van der Waals surface area contributed by atoms with Crippen LogP contribution in [-0.4, -0.2) is 11.5 Å². The van der Waals surface area contributed by atoms with Crippen molar-refractivity contribution in [2.75, 3.05) is 5.75 Å². The third-order valence-electron chi connectivity index (χ3n) is 3.50. The van der Waals surface area contributed by atoms with Gasteiger partial charge in [0.15, 0.2) is 5.78 Å². The van der Waals surface area contributed by atoms with E-state index < -0.39 is 0 Å². The van der Waals surface area contributed by atoms with Crippen molar-refractivity contribution >= 4 is 29.1 Å². The second-order valence-electron chi connectivity index (χ2n) is 4.41. The fourth-order valence-corrected chi connectivity index (χ4v) is 3.79. The van der Waals surface area contributed by atoms with Crippen molar-refractivity contribution in [2.24, 2.45) is 5.41 Å². The lowest BCUT2D eigenvalue weighted by molar-refractivity contribution is -0.118. The first kappa shape index (κ1) is 10.4. The van der Waals surface area contributed by atoms with Gasteiger partial charge in [-0.15, -0.1) is 11.8 Å². The molecule has 0 bridgehead atoms. The summed E-state index contributed by atoms with van der Waals surface area (Å²) in [5.41, 5.74) is 0.984. The van der Waals surface area contributed by atoms with Gasteiger partial charge in [0.2, 0.25) is 0 Å². The number of hydrogen-bond acceptors (Lipinski definition) is 2. The van der Waals surface area contributed by atoms with Crippen LogP contribution in [0.25, 0.3) is 0 Å². The molecule has 1 saturated carbocycles. The van der Waals surface area contributed by atoms with Crippen molar-refractivity contribution < 1.29 is 4.79 Å². The molecule has 1 nitrogen and oxygen atoms in total. The van der Waals surface area contributed by atoms with Crippen molar-refractivity contribution in [1.82, 2.24) is 0 Å². The van der Waals surface area contributed by atoms with Crippen LogP contribution in [0.4, 0.5) is 0 Å². The molecule has 3 heteroatoms. The first-order valence-electron chi connectivity index (χ1n) is 5.31. The van der Waals surface area contributed by atoms with Crippen molar-refractivity contribution in [1.29, 1.82) is 0 Å². The number of halogens is 1. The Labute approximate surface area is 104 Å². The van der Waals surface area contributed by atoms with Crippen LogP contribution in [0.2, 0.25) is 5.02 Å². The van der Waals surface area contributed by atoms with E-state index in [1.165, 1.54) is 0 Å². The maximum Gasteiger partial charge on any atom is 0.163 e. The van der Waals surface area contributed by atoms with Crippen LogP contribution in [0.5, 0.6) is 0 Å². The van der Waals surface area contributed by atoms with Gasteiger partial charge in [-0.1, -0.05) is 29.8 Å². The number of benzene rings is 1. The Morgan fingerprint density at radius 3 is 2.94 bits per heavy atom. The molecule has 0 N–H and O–H groups in total. The van der Waals surface area contributed by atoms with Crippen LogP contribution in [0.3, 0.4) is 0 Å². The summed E-state index contributed by atoms with van der Waals surface area (Å²) in [6.45, 7) is 0. The number of hydrogen-bond donors (Lipinski definition) is 0. The minimum absolute atomic E-state index is 0.148. The lowest BCUT2D eigenvalue weighted by Crippen LogP contribution is -2.20. The third kappa shape index (κ3) is 1.44. The van der Waals surface area contributed by atoms with E-state index in [4.69, 9.17) is 11.6 Å². The van der Waals surface area contributed by atoms with E-state index >= 15 is 0 Å². The highest BCUT2D eigenvalue weighted by atomic mass is 35.5. The molecule has 82 valence electrons. The molecule has 1 aliphatic heterocycles. The molecule has 1 aromatic rings. The molecule has 0 aromatic heterocycles. The summed E-state index contributed by atoms with van der Waals surface area (Å²) >= 11 is 7.90. The van der Waals surface area contributed by atoms with Gasteiger partial charge in [-0.05, 0) is 29.5 Å². The molecular weight excluding hydrogens is 240 g/mol. The zero-order chi connectivity index (χ0) is 11.2. The Kier molecular flexibility index (Phi) is 2.37. The van der Waals surface area contributed by atoms with Crippen LogP contribution in [0, 0.1) is 5.41 Å². The molecule has 0 amide bonds. The lowest BCUT2D eigenvalue weighted by Gasteiger charge is -2.16. The molecule has 0 saturated heterocycles. The molecule has 1 heterocycles.